The lowest BCUT2D eigenvalue weighted by Crippen LogP contribution is -2.15. The van der Waals surface area contributed by atoms with Gasteiger partial charge in [-0.15, -0.1) is 0 Å². The Bertz CT molecular complexity index is 638. The van der Waals surface area contributed by atoms with Gasteiger partial charge in [0.15, 0.2) is 0 Å². The van der Waals surface area contributed by atoms with E-state index < -0.39 is 0 Å². The van der Waals surface area contributed by atoms with E-state index in [-0.39, 0.29) is 11.7 Å². The number of hydrogen-bond donors (Lipinski definition) is 1. The first kappa shape index (κ1) is 14.7. The fourth-order valence-electron chi connectivity index (χ4n) is 1.87. The lowest BCUT2D eigenvalue weighted by atomic mass is 10.1. The summed E-state index contributed by atoms with van der Waals surface area (Å²) in [5, 5.41) is 2.81. The fraction of sp³-hybridized carbons (Fsp3) is 0.188. The molecule has 104 valence electrons. The molecule has 0 aliphatic rings. The molecule has 0 radical (unpaired) electrons. The summed E-state index contributed by atoms with van der Waals surface area (Å²) in [6.45, 7) is 3.76. The summed E-state index contributed by atoms with van der Waals surface area (Å²) in [6, 6.07) is 10.8. The average molecular weight is 336 g/mol. The third-order valence-corrected chi connectivity index (χ3v) is 3.63. The van der Waals surface area contributed by atoms with Gasteiger partial charge in [-0.2, -0.15) is 0 Å². The van der Waals surface area contributed by atoms with E-state index in [0.29, 0.717) is 22.1 Å². The number of nitrogens with one attached hydrogen (secondary N) is 1. The van der Waals surface area contributed by atoms with Gasteiger partial charge in [0.25, 0.3) is 0 Å². The third-order valence-electron chi connectivity index (χ3n) is 3.03. The van der Waals surface area contributed by atoms with Gasteiger partial charge in [-0.3, -0.25) is 4.79 Å². The van der Waals surface area contributed by atoms with Crippen LogP contribution in [0.1, 0.15) is 16.7 Å². The smallest absolute Gasteiger partial charge is 0.228 e. The second-order valence-electron chi connectivity index (χ2n) is 4.79. The molecule has 1 N–H and O–H groups in total. The van der Waals surface area contributed by atoms with Gasteiger partial charge in [-0.05, 0) is 53.0 Å². The highest BCUT2D eigenvalue weighted by Crippen LogP contribution is 2.24. The summed E-state index contributed by atoms with van der Waals surface area (Å²) in [5.74, 6) is -0.450. The SMILES string of the molecule is Cc1ccc(CC(=O)Nc2cc(Br)c(F)cc2C)cc1. The topological polar surface area (TPSA) is 29.1 Å². The second-order valence-corrected chi connectivity index (χ2v) is 5.65. The maximum atomic E-state index is 13.3. The van der Waals surface area contributed by atoms with Gasteiger partial charge in [-0.25, -0.2) is 4.39 Å². The van der Waals surface area contributed by atoms with E-state index in [9.17, 15) is 9.18 Å². The zero-order chi connectivity index (χ0) is 14.7. The summed E-state index contributed by atoms with van der Waals surface area (Å²) in [6.07, 6.45) is 0.300. The van der Waals surface area contributed by atoms with E-state index in [0.717, 1.165) is 11.1 Å². The average Bonchev–Trinajstić information content (AvgIpc) is 2.39. The molecule has 2 aromatic carbocycles. The van der Waals surface area contributed by atoms with Crippen molar-refractivity contribution in [3.8, 4) is 0 Å². The van der Waals surface area contributed by atoms with Gasteiger partial charge in [0.1, 0.15) is 5.82 Å². The molecule has 0 aliphatic carbocycles. The Morgan fingerprint density at radius 3 is 2.50 bits per heavy atom. The normalized spacial score (nSPS) is 10.4. The standard InChI is InChI=1S/C16H15BrFNO/c1-10-3-5-12(6-4-10)8-16(20)19-15-9-13(17)14(18)7-11(15)2/h3-7,9H,8H2,1-2H3,(H,19,20). The first-order valence-corrected chi connectivity index (χ1v) is 7.06. The van der Waals surface area contributed by atoms with Crippen LogP contribution in [0.3, 0.4) is 0 Å². The second kappa shape index (κ2) is 6.18. The molecule has 2 aromatic rings. The van der Waals surface area contributed by atoms with Crippen molar-refractivity contribution in [1.29, 1.82) is 0 Å². The minimum Gasteiger partial charge on any atom is -0.326 e. The molecule has 0 spiro atoms. The Morgan fingerprint density at radius 2 is 1.85 bits per heavy atom. The number of carbonyl (C=O) groups excluding carboxylic acids is 1. The maximum Gasteiger partial charge on any atom is 0.228 e. The molecular weight excluding hydrogens is 321 g/mol. The highest BCUT2D eigenvalue weighted by molar-refractivity contribution is 9.10. The minimum atomic E-state index is -0.334. The molecule has 0 unspecified atom stereocenters. The van der Waals surface area contributed by atoms with Crippen molar-refractivity contribution in [2.24, 2.45) is 0 Å². The molecule has 0 fully saturated rings. The lowest BCUT2D eigenvalue weighted by molar-refractivity contribution is -0.115. The Balaban J connectivity index is 2.08. The molecule has 20 heavy (non-hydrogen) atoms. The molecule has 0 heterocycles. The van der Waals surface area contributed by atoms with E-state index in [2.05, 4.69) is 21.2 Å². The number of aryl methyl sites for hydroxylation is 2. The van der Waals surface area contributed by atoms with Crippen molar-refractivity contribution in [3.63, 3.8) is 0 Å². The Morgan fingerprint density at radius 1 is 1.20 bits per heavy atom. The largest absolute Gasteiger partial charge is 0.326 e. The fourth-order valence-corrected chi connectivity index (χ4v) is 2.21. The first-order chi connectivity index (χ1) is 9.45. The predicted molar refractivity (Wildman–Crippen MR) is 82.3 cm³/mol. The summed E-state index contributed by atoms with van der Waals surface area (Å²) in [5.41, 5.74) is 3.43. The van der Waals surface area contributed by atoms with Crippen molar-refractivity contribution in [2.75, 3.05) is 5.32 Å². The van der Waals surface area contributed by atoms with E-state index in [1.807, 2.05) is 31.2 Å². The molecule has 0 bridgehead atoms. The van der Waals surface area contributed by atoms with Gasteiger partial charge in [0.2, 0.25) is 5.91 Å². The number of rotatable bonds is 3. The van der Waals surface area contributed by atoms with Gasteiger partial charge in [0.05, 0.1) is 10.9 Å². The van der Waals surface area contributed by atoms with Crippen LogP contribution < -0.4 is 5.32 Å². The molecular formula is C16H15BrFNO. The van der Waals surface area contributed by atoms with Crippen molar-refractivity contribution < 1.29 is 9.18 Å². The van der Waals surface area contributed by atoms with E-state index in [1.165, 1.54) is 6.07 Å². The van der Waals surface area contributed by atoms with Crippen molar-refractivity contribution in [1.82, 2.24) is 0 Å². The Hall–Kier alpha value is -1.68. The minimum absolute atomic E-state index is 0.115. The molecule has 0 saturated carbocycles. The number of carbonyl (C=O) groups is 1. The molecule has 1 amide bonds. The first-order valence-electron chi connectivity index (χ1n) is 6.27. The quantitative estimate of drug-likeness (QED) is 0.885. The molecule has 0 saturated heterocycles. The molecule has 2 nitrogen and oxygen atoms in total. The molecule has 2 rings (SSSR count). The third kappa shape index (κ3) is 3.67. The number of amides is 1. The molecule has 0 atom stereocenters. The predicted octanol–water partition coefficient (Wildman–Crippen LogP) is 4.39. The number of benzene rings is 2. The van der Waals surface area contributed by atoms with Crippen LogP contribution in [0.4, 0.5) is 10.1 Å². The number of halogens is 2. The van der Waals surface area contributed by atoms with Crippen LogP contribution in [-0.2, 0) is 11.2 Å². The van der Waals surface area contributed by atoms with Crippen molar-refractivity contribution in [2.45, 2.75) is 20.3 Å². The summed E-state index contributed by atoms with van der Waals surface area (Å²) in [7, 11) is 0. The van der Waals surface area contributed by atoms with Crippen LogP contribution in [-0.4, -0.2) is 5.91 Å². The van der Waals surface area contributed by atoms with E-state index in [1.54, 1.807) is 13.0 Å². The van der Waals surface area contributed by atoms with Crippen molar-refractivity contribution >= 4 is 27.5 Å². The highest BCUT2D eigenvalue weighted by Gasteiger charge is 2.09. The number of hydrogen-bond acceptors (Lipinski definition) is 1. The van der Waals surface area contributed by atoms with Crippen LogP contribution in [0.2, 0.25) is 0 Å². The van der Waals surface area contributed by atoms with E-state index in [4.69, 9.17) is 0 Å². The van der Waals surface area contributed by atoms with E-state index >= 15 is 0 Å². The van der Waals surface area contributed by atoms with Crippen LogP contribution in [0, 0.1) is 19.7 Å². The maximum absolute atomic E-state index is 13.3. The highest BCUT2D eigenvalue weighted by atomic mass is 79.9. The lowest BCUT2D eigenvalue weighted by Gasteiger charge is -2.10. The molecule has 0 aliphatic heterocycles. The molecule has 4 heteroatoms. The van der Waals surface area contributed by atoms with Crippen LogP contribution >= 0.6 is 15.9 Å². The van der Waals surface area contributed by atoms with Crippen LogP contribution in [0.25, 0.3) is 0 Å². The van der Waals surface area contributed by atoms with Crippen LogP contribution in [0.5, 0.6) is 0 Å². The van der Waals surface area contributed by atoms with Gasteiger partial charge in [-0.1, -0.05) is 29.8 Å². The summed E-state index contributed by atoms with van der Waals surface area (Å²) < 4.78 is 13.7. The summed E-state index contributed by atoms with van der Waals surface area (Å²) >= 11 is 3.12. The zero-order valence-corrected chi connectivity index (χ0v) is 12.9. The van der Waals surface area contributed by atoms with Gasteiger partial charge in [0, 0.05) is 5.69 Å². The zero-order valence-electron chi connectivity index (χ0n) is 11.3. The van der Waals surface area contributed by atoms with Crippen LogP contribution in [0.15, 0.2) is 40.9 Å². The van der Waals surface area contributed by atoms with Crippen molar-refractivity contribution in [3.05, 3.63) is 63.4 Å². The monoisotopic (exact) mass is 335 g/mol. The van der Waals surface area contributed by atoms with Gasteiger partial charge < -0.3 is 5.32 Å². The molecule has 0 aromatic heterocycles. The Kier molecular flexibility index (Phi) is 4.55. The van der Waals surface area contributed by atoms with Gasteiger partial charge >= 0.3 is 0 Å². The Labute approximate surface area is 126 Å². The summed E-state index contributed by atoms with van der Waals surface area (Å²) in [4.78, 5) is 12.0. The number of anilines is 1.